The second-order valence-electron chi connectivity index (χ2n) is 4.15. The normalized spacial score (nSPS) is 14.3. The van der Waals surface area contributed by atoms with E-state index < -0.39 is 0 Å². The largest absolute Gasteiger partial charge is 0.323 e. The number of nitrogens with two attached hydrogens (primary N) is 1. The zero-order valence-electron chi connectivity index (χ0n) is 9.68. The topological polar surface area (TPSA) is 38.9 Å². The van der Waals surface area contributed by atoms with Gasteiger partial charge < -0.3 is 5.73 Å². The van der Waals surface area contributed by atoms with Crippen LogP contribution in [0.2, 0.25) is 5.02 Å². The predicted octanol–water partition coefficient (Wildman–Crippen LogP) is 3.54. The van der Waals surface area contributed by atoms with Crippen molar-refractivity contribution in [1.82, 2.24) is 4.98 Å². The number of halogens is 1. The van der Waals surface area contributed by atoms with Gasteiger partial charge in [0, 0.05) is 29.4 Å². The Labute approximate surface area is 106 Å². The quantitative estimate of drug-likeness (QED) is 0.900. The number of rotatable bonds is 3. The molecule has 2 unspecified atom stereocenters. The van der Waals surface area contributed by atoms with Crippen molar-refractivity contribution in [2.75, 3.05) is 0 Å². The lowest BCUT2D eigenvalue weighted by atomic mass is 9.90. The Morgan fingerprint density at radius 3 is 2.18 bits per heavy atom. The molecule has 0 fully saturated rings. The fourth-order valence-electron chi connectivity index (χ4n) is 1.85. The Hall–Kier alpha value is -1.38. The molecule has 2 aromatic rings. The summed E-state index contributed by atoms with van der Waals surface area (Å²) in [7, 11) is 0. The van der Waals surface area contributed by atoms with Gasteiger partial charge in [-0.15, -0.1) is 0 Å². The molecule has 0 bridgehead atoms. The van der Waals surface area contributed by atoms with E-state index in [0.717, 1.165) is 10.6 Å². The van der Waals surface area contributed by atoms with Crippen LogP contribution < -0.4 is 5.73 Å². The number of aromatic nitrogens is 1. The second kappa shape index (κ2) is 5.30. The molecule has 0 aliphatic heterocycles. The van der Waals surface area contributed by atoms with E-state index in [4.69, 9.17) is 17.3 Å². The standard InChI is InChI=1S/C14H15ClN2/c1-10(11-6-8-17-9-7-11)14(16)12-2-4-13(15)5-3-12/h2-10,14H,16H2,1H3. The lowest BCUT2D eigenvalue weighted by Gasteiger charge is -2.20. The SMILES string of the molecule is CC(c1ccncc1)C(N)c1ccc(Cl)cc1. The summed E-state index contributed by atoms with van der Waals surface area (Å²) in [5, 5.41) is 0.734. The molecule has 0 spiro atoms. The van der Waals surface area contributed by atoms with E-state index in [2.05, 4.69) is 11.9 Å². The number of hydrogen-bond acceptors (Lipinski definition) is 2. The lowest BCUT2D eigenvalue weighted by molar-refractivity contribution is 0.597. The van der Waals surface area contributed by atoms with Crippen molar-refractivity contribution in [2.24, 2.45) is 5.73 Å². The first-order chi connectivity index (χ1) is 8.18. The molecule has 1 heterocycles. The molecule has 2 atom stereocenters. The molecule has 2 N–H and O–H groups in total. The first-order valence-corrected chi connectivity index (χ1v) is 5.97. The maximum Gasteiger partial charge on any atom is 0.0406 e. The molecule has 0 radical (unpaired) electrons. The third-order valence-corrected chi connectivity index (χ3v) is 3.28. The van der Waals surface area contributed by atoms with E-state index in [0.29, 0.717) is 0 Å². The van der Waals surface area contributed by atoms with Crippen LogP contribution in [0, 0.1) is 0 Å². The first-order valence-electron chi connectivity index (χ1n) is 5.59. The van der Waals surface area contributed by atoms with Crippen LogP contribution in [0.3, 0.4) is 0 Å². The Balaban J connectivity index is 2.20. The van der Waals surface area contributed by atoms with E-state index in [1.54, 1.807) is 12.4 Å². The molecular weight excluding hydrogens is 232 g/mol. The van der Waals surface area contributed by atoms with Crippen LogP contribution in [-0.4, -0.2) is 4.98 Å². The van der Waals surface area contributed by atoms with Crippen molar-refractivity contribution in [3.8, 4) is 0 Å². The summed E-state index contributed by atoms with van der Waals surface area (Å²) in [5.41, 5.74) is 8.55. The number of hydrogen-bond donors (Lipinski definition) is 1. The Morgan fingerprint density at radius 1 is 1.00 bits per heavy atom. The predicted molar refractivity (Wildman–Crippen MR) is 71.0 cm³/mol. The Bertz CT molecular complexity index is 467. The number of pyridine rings is 1. The molecule has 1 aromatic heterocycles. The van der Waals surface area contributed by atoms with Crippen LogP contribution in [0.1, 0.15) is 30.0 Å². The van der Waals surface area contributed by atoms with E-state index in [1.807, 2.05) is 36.4 Å². The van der Waals surface area contributed by atoms with Gasteiger partial charge in [0.2, 0.25) is 0 Å². The van der Waals surface area contributed by atoms with Crippen LogP contribution in [-0.2, 0) is 0 Å². The molecule has 0 saturated heterocycles. The van der Waals surface area contributed by atoms with Gasteiger partial charge in [0.05, 0.1) is 0 Å². The van der Waals surface area contributed by atoms with Gasteiger partial charge in [-0.3, -0.25) is 4.98 Å². The average Bonchev–Trinajstić information content (AvgIpc) is 2.39. The van der Waals surface area contributed by atoms with Gasteiger partial charge in [0.25, 0.3) is 0 Å². The molecule has 0 aliphatic carbocycles. The van der Waals surface area contributed by atoms with Crippen molar-refractivity contribution in [1.29, 1.82) is 0 Å². The van der Waals surface area contributed by atoms with E-state index >= 15 is 0 Å². The molecule has 17 heavy (non-hydrogen) atoms. The summed E-state index contributed by atoms with van der Waals surface area (Å²) in [6.45, 7) is 2.12. The molecule has 1 aromatic carbocycles. The average molecular weight is 247 g/mol. The summed E-state index contributed by atoms with van der Waals surface area (Å²) >= 11 is 5.86. The van der Waals surface area contributed by atoms with Crippen LogP contribution in [0.15, 0.2) is 48.8 Å². The van der Waals surface area contributed by atoms with Crippen molar-refractivity contribution in [3.05, 3.63) is 64.9 Å². The third-order valence-electron chi connectivity index (χ3n) is 3.03. The monoisotopic (exact) mass is 246 g/mol. The molecule has 2 nitrogen and oxygen atoms in total. The highest BCUT2D eigenvalue weighted by Crippen LogP contribution is 2.28. The number of benzene rings is 1. The summed E-state index contributed by atoms with van der Waals surface area (Å²) in [6, 6.07) is 11.7. The minimum atomic E-state index is -0.0327. The molecule has 3 heteroatoms. The zero-order chi connectivity index (χ0) is 12.3. The van der Waals surface area contributed by atoms with Gasteiger partial charge in [0.1, 0.15) is 0 Å². The molecule has 88 valence electrons. The fraction of sp³-hybridized carbons (Fsp3) is 0.214. The van der Waals surface area contributed by atoms with Gasteiger partial charge in [-0.25, -0.2) is 0 Å². The molecule has 0 amide bonds. The highest BCUT2D eigenvalue weighted by Gasteiger charge is 2.16. The highest BCUT2D eigenvalue weighted by molar-refractivity contribution is 6.30. The van der Waals surface area contributed by atoms with Crippen LogP contribution in [0.25, 0.3) is 0 Å². The molecular formula is C14H15ClN2. The highest BCUT2D eigenvalue weighted by atomic mass is 35.5. The summed E-state index contributed by atoms with van der Waals surface area (Å²) in [6.07, 6.45) is 3.58. The maximum absolute atomic E-state index is 6.26. The minimum absolute atomic E-state index is 0.0327. The van der Waals surface area contributed by atoms with Gasteiger partial charge in [-0.2, -0.15) is 0 Å². The van der Waals surface area contributed by atoms with E-state index in [1.165, 1.54) is 5.56 Å². The Morgan fingerprint density at radius 2 is 1.59 bits per heavy atom. The van der Waals surface area contributed by atoms with Crippen molar-refractivity contribution in [3.63, 3.8) is 0 Å². The number of nitrogens with zero attached hydrogens (tertiary/aromatic N) is 1. The summed E-state index contributed by atoms with van der Waals surface area (Å²) in [4.78, 5) is 4.01. The smallest absolute Gasteiger partial charge is 0.0406 e. The minimum Gasteiger partial charge on any atom is -0.323 e. The molecule has 0 saturated carbocycles. The third kappa shape index (κ3) is 2.84. The van der Waals surface area contributed by atoms with Crippen LogP contribution in [0.5, 0.6) is 0 Å². The van der Waals surface area contributed by atoms with Crippen molar-refractivity contribution >= 4 is 11.6 Å². The molecule has 2 rings (SSSR count). The van der Waals surface area contributed by atoms with Crippen molar-refractivity contribution in [2.45, 2.75) is 18.9 Å². The first kappa shape index (κ1) is 12.1. The summed E-state index contributed by atoms with van der Waals surface area (Å²) < 4.78 is 0. The van der Waals surface area contributed by atoms with Crippen LogP contribution >= 0.6 is 11.6 Å². The zero-order valence-corrected chi connectivity index (χ0v) is 10.4. The van der Waals surface area contributed by atoms with Gasteiger partial charge in [0.15, 0.2) is 0 Å². The van der Waals surface area contributed by atoms with Gasteiger partial charge in [-0.05, 0) is 35.4 Å². The van der Waals surface area contributed by atoms with Crippen LogP contribution in [0.4, 0.5) is 0 Å². The van der Waals surface area contributed by atoms with E-state index in [-0.39, 0.29) is 12.0 Å². The van der Waals surface area contributed by atoms with E-state index in [9.17, 15) is 0 Å². The maximum atomic E-state index is 6.26. The molecule has 0 aliphatic rings. The van der Waals surface area contributed by atoms with Gasteiger partial charge in [-0.1, -0.05) is 30.7 Å². The fourth-order valence-corrected chi connectivity index (χ4v) is 1.97. The Kier molecular flexibility index (Phi) is 3.77. The lowest BCUT2D eigenvalue weighted by Crippen LogP contribution is -2.17. The second-order valence-corrected chi connectivity index (χ2v) is 4.58. The van der Waals surface area contributed by atoms with Gasteiger partial charge >= 0.3 is 0 Å². The van der Waals surface area contributed by atoms with Crippen molar-refractivity contribution < 1.29 is 0 Å². The summed E-state index contributed by atoms with van der Waals surface area (Å²) in [5.74, 6) is 0.249.